The van der Waals surface area contributed by atoms with Gasteiger partial charge in [0, 0.05) is 29.3 Å². The Balaban J connectivity index is 1.38. The van der Waals surface area contributed by atoms with Gasteiger partial charge in [-0.3, -0.25) is 19.4 Å². The number of aliphatic hydroxyl groups is 1. The highest BCUT2D eigenvalue weighted by Gasteiger charge is 2.74. The molecule has 6 aliphatic rings. The number of phenols is 1. The van der Waals surface area contributed by atoms with Crippen molar-refractivity contribution in [2.24, 2.45) is 5.92 Å². The third kappa shape index (κ3) is 2.23. The highest BCUT2D eigenvalue weighted by atomic mass is 16.5. The third-order valence-corrected chi connectivity index (χ3v) is 9.70. The molecule has 0 unspecified atom stereocenters. The number of hydrogen-bond donors (Lipinski definition) is 2. The van der Waals surface area contributed by atoms with Crippen molar-refractivity contribution in [1.29, 1.82) is 0 Å². The van der Waals surface area contributed by atoms with Gasteiger partial charge in [0.15, 0.2) is 11.5 Å². The first-order valence-electron chi connectivity index (χ1n) is 12.3. The molecule has 0 radical (unpaired) electrons. The number of imide groups is 1. The number of nitrogens with zero attached hydrogens (tertiary/aromatic N) is 2. The summed E-state index contributed by atoms with van der Waals surface area (Å²) >= 11 is 0. The Kier molecular flexibility index (Phi) is 3.76. The van der Waals surface area contributed by atoms with Crippen LogP contribution >= 0.6 is 0 Å². The molecular formula is C26H30N2O5. The molecule has 1 saturated heterocycles. The Morgan fingerprint density at radius 1 is 1.09 bits per heavy atom. The van der Waals surface area contributed by atoms with Crippen LogP contribution in [-0.4, -0.2) is 68.7 Å². The van der Waals surface area contributed by atoms with Crippen molar-refractivity contribution >= 4 is 11.8 Å². The fourth-order valence-electron chi connectivity index (χ4n) is 7.80. The first kappa shape index (κ1) is 20.0. The van der Waals surface area contributed by atoms with Crippen LogP contribution in [0.25, 0.3) is 0 Å². The topological polar surface area (TPSA) is 90.3 Å². The largest absolute Gasteiger partial charge is 0.504 e. The van der Waals surface area contributed by atoms with Gasteiger partial charge in [-0.1, -0.05) is 6.07 Å². The van der Waals surface area contributed by atoms with Gasteiger partial charge in [-0.15, -0.1) is 0 Å². The maximum absolute atomic E-state index is 13.1. The molecule has 2 saturated carbocycles. The zero-order valence-corrected chi connectivity index (χ0v) is 19.1. The molecule has 1 spiro atoms. The summed E-state index contributed by atoms with van der Waals surface area (Å²) in [6.45, 7) is 5.27. The molecule has 2 N–H and O–H groups in total. The molecular weight excluding hydrogens is 420 g/mol. The first-order valence-corrected chi connectivity index (χ1v) is 12.3. The Morgan fingerprint density at radius 3 is 2.52 bits per heavy atom. The summed E-state index contributed by atoms with van der Waals surface area (Å²) in [6, 6.07) is 3.17. The van der Waals surface area contributed by atoms with E-state index in [0.29, 0.717) is 36.2 Å². The fraction of sp³-hybridized carbons (Fsp3) is 0.615. The highest BCUT2D eigenvalue weighted by Crippen LogP contribution is 2.66. The van der Waals surface area contributed by atoms with E-state index in [-0.39, 0.29) is 23.6 Å². The summed E-state index contributed by atoms with van der Waals surface area (Å²) in [4.78, 5) is 30.1. The lowest BCUT2D eigenvalue weighted by Gasteiger charge is -2.64. The molecule has 3 heterocycles. The van der Waals surface area contributed by atoms with E-state index in [1.807, 2.05) is 6.07 Å². The third-order valence-electron chi connectivity index (χ3n) is 9.70. The Labute approximate surface area is 193 Å². The minimum absolute atomic E-state index is 0.0199. The van der Waals surface area contributed by atoms with E-state index in [1.165, 1.54) is 17.7 Å². The van der Waals surface area contributed by atoms with Crippen molar-refractivity contribution in [3.05, 3.63) is 34.4 Å². The second kappa shape index (κ2) is 6.19. The second-order valence-electron chi connectivity index (χ2n) is 11.1. The minimum atomic E-state index is -1.02. The van der Waals surface area contributed by atoms with Gasteiger partial charge >= 0.3 is 0 Å². The van der Waals surface area contributed by atoms with E-state index < -0.39 is 23.2 Å². The van der Waals surface area contributed by atoms with E-state index >= 15 is 0 Å². The van der Waals surface area contributed by atoms with Crippen LogP contribution in [0, 0.1) is 5.92 Å². The van der Waals surface area contributed by atoms with Crippen molar-refractivity contribution in [3.8, 4) is 11.5 Å². The molecule has 7 heteroatoms. The predicted molar refractivity (Wildman–Crippen MR) is 119 cm³/mol. The van der Waals surface area contributed by atoms with Gasteiger partial charge < -0.3 is 14.9 Å². The van der Waals surface area contributed by atoms with E-state index in [9.17, 15) is 19.8 Å². The van der Waals surface area contributed by atoms with Crippen LogP contribution in [0.5, 0.6) is 11.5 Å². The lowest BCUT2D eigenvalue weighted by Crippen LogP contribution is -2.78. The Hall–Kier alpha value is -2.38. The monoisotopic (exact) mass is 450 g/mol. The average Bonchev–Trinajstić information content (AvgIpc) is 3.50. The predicted octanol–water partition coefficient (Wildman–Crippen LogP) is 2.03. The van der Waals surface area contributed by atoms with Gasteiger partial charge in [-0.2, -0.15) is 0 Å². The number of amides is 2. The quantitative estimate of drug-likeness (QED) is 0.685. The average molecular weight is 451 g/mol. The lowest BCUT2D eigenvalue weighted by atomic mass is 9.48. The number of carbonyl (C=O) groups is 2. The lowest BCUT2D eigenvalue weighted by molar-refractivity contribution is -0.201. The SMILES string of the molecule is CC1=C(C)C(=O)N([C@H]2CC[C@@]3(O)[C@H]4Cc5ccc(O)c6c5[C@@]3(CCN4CC3CC3)[C@H]2O6)C1=O. The van der Waals surface area contributed by atoms with Crippen molar-refractivity contribution in [2.45, 2.75) is 81.6 Å². The van der Waals surface area contributed by atoms with Gasteiger partial charge in [-0.25, -0.2) is 0 Å². The second-order valence-corrected chi connectivity index (χ2v) is 11.1. The molecule has 5 atom stereocenters. The first-order chi connectivity index (χ1) is 15.8. The van der Waals surface area contributed by atoms with Gasteiger partial charge in [0.05, 0.1) is 17.1 Å². The summed E-state index contributed by atoms with van der Waals surface area (Å²) in [5, 5.41) is 23.2. The summed E-state index contributed by atoms with van der Waals surface area (Å²) in [6.07, 6.45) is 4.40. The van der Waals surface area contributed by atoms with E-state index in [1.54, 1.807) is 19.9 Å². The number of benzene rings is 1. The molecule has 2 bridgehead atoms. The van der Waals surface area contributed by atoms with E-state index in [2.05, 4.69) is 4.90 Å². The molecule has 7 nitrogen and oxygen atoms in total. The highest BCUT2D eigenvalue weighted by molar-refractivity contribution is 6.19. The van der Waals surface area contributed by atoms with Gasteiger partial charge in [0.25, 0.3) is 11.8 Å². The number of piperidine rings is 1. The molecule has 1 aromatic carbocycles. The van der Waals surface area contributed by atoms with Gasteiger partial charge in [-0.05, 0) is 76.5 Å². The number of rotatable bonds is 3. The van der Waals surface area contributed by atoms with E-state index in [4.69, 9.17) is 4.74 Å². The smallest absolute Gasteiger partial charge is 0.257 e. The number of aromatic hydroxyl groups is 1. The molecule has 7 rings (SSSR count). The molecule has 3 aliphatic carbocycles. The summed E-state index contributed by atoms with van der Waals surface area (Å²) in [7, 11) is 0. The van der Waals surface area contributed by atoms with Crippen LogP contribution in [0.2, 0.25) is 0 Å². The molecule has 33 heavy (non-hydrogen) atoms. The summed E-state index contributed by atoms with van der Waals surface area (Å²) in [5.41, 5.74) is 1.26. The maximum Gasteiger partial charge on any atom is 0.257 e. The number of hydrogen-bond acceptors (Lipinski definition) is 6. The van der Waals surface area contributed by atoms with Crippen molar-refractivity contribution in [3.63, 3.8) is 0 Å². The van der Waals surface area contributed by atoms with Crippen LogP contribution in [-0.2, 0) is 21.4 Å². The van der Waals surface area contributed by atoms with Crippen molar-refractivity contribution < 1.29 is 24.5 Å². The zero-order valence-electron chi connectivity index (χ0n) is 19.1. The maximum atomic E-state index is 13.1. The van der Waals surface area contributed by atoms with Crippen LogP contribution in [0.1, 0.15) is 57.1 Å². The van der Waals surface area contributed by atoms with Crippen LogP contribution < -0.4 is 4.74 Å². The van der Waals surface area contributed by atoms with Crippen LogP contribution in [0.15, 0.2) is 23.3 Å². The van der Waals surface area contributed by atoms with Crippen LogP contribution in [0.3, 0.4) is 0 Å². The number of likely N-dealkylation sites (tertiary alicyclic amines) is 1. The molecule has 174 valence electrons. The fourth-order valence-corrected chi connectivity index (χ4v) is 7.80. The Morgan fingerprint density at radius 2 is 1.82 bits per heavy atom. The molecule has 0 aromatic heterocycles. The molecule has 2 amide bonds. The van der Waals surface area contributed by atoms with Crippen molar-refractivity contribution in [2.75, 3.05) is 13.1 Å². The number of carbonyl (C=O) groups excluding carboxylic acids is 2. The normalized spacial score (nSPS) is 39.2. The summed E-state index contributed by atoms with van der Waals surface area (Å²) < 4.78 is 6.50. The van der Waals surface area contributed by atoms with Crippen LogP contribution in [0.4, 0.5) is 0 Å². The zero-order chi connectivity index (χ0) is 22.9. The van der Waals surface area contributed by atoms with Gasteiger partial charge in [0.1, 0.15) is 6.10 Å². The van der Waals surface area contributed by atoms with Crippen molar-refractivity contribution in [1.82, 2.24) is 9.80 Å². The van der Waals surface area contributed by atoms with Gasteiger partial charge in [0.2, 0.25) is 0 Å². The number of phenolic OH excluding ortho intramolecular Hbond substituents is 1. The molecule has 3 fully saturated rings. The summed E-state index contributed by atoms with van der Waals surface area (Å²) in [5.74, 6) is 0.724. The molecule has 3 aliphatic heterocycles. The van der Waals surface area contributed by atoms with E-state index in [0.717, 1.165) is 36.6 Å². The minimum Gasteiger partial charge on any atom is -0.504 e. The Bertz CT molecular complexity index is 1130. The molecule has 1 aromatic rings. The number of ether oxygens (including phenoxy) is 1. The standard InChI is InChI=1S/C26H30N2O5/c1-13-14(2)24(31)28(23(13)30)17-7-8-26(32)19-11-16-5-6-18(29)21-20(16)25(26,22(17)33-21)9-10-27(19)12-15-3-4-15/h5-6,15,17,19,22,29,32H,3-4,7-12H2,1-2H3/t17-,19+,22-,25-,26+/m0/s1.